The number of rotatable bonds is 7. The van der Waals surface area contributed by atoms with Crippen molar-refractivity contribution in [2.75, 3.05) is 6.61 Å². The fourth-order valence-corrected chi connectivity index (χ4v) is 3.33. The van der Waals surface area contributed by atoms with Crippen molar-refractivity contribution in [1.29, 1.82) is 0 Å². The van der Waals surface area contributed by atoms with Crippen LogP contribution >= 0.6 is 11.3 Å². The molecule has 0 bridgehead atoms. The number of aliphatic imine (C=N–C) groups is 1. The van der Waals surface area contributed by atoms with Crippen LogP contribution in [0.4, 0.5) is 18.9 Å². The van der Waals surface area contributed by atoms with E-state index < -0.39 is 12.3 Å². The normalized spacial score (nSPS) is 13.0. The number of ether oxygens (including phenoxy) is 1. The van der Waals surface area contributed by atoms with Crippen molar-refractivity contribution in [3.05, 3.63) is 34.8 Å². The van der Waals surface area contributed by atoms with Gasteiger partial charge in [-0.2, -0.15) is 13.2 Å². The summed E-state index contributed by atoms with van der Waals surface area (Å²) in [5.74, 6) is 0. The van der Waals surface area contributed by atoms with Gasteiger partial charge in [-0.05, 0) is 25.6 Å². The van der Waals surface area contributed by atoms with Gasteiger partial charge in [-0.3, -0.25) is 4.99 Å². The SMILES string of the molecule is C=Nc1c(C(OCC)C(F)(F)F)ccc(-c2nccs2)c1CCC. The molecule has 2 rings (SSSR count). The van der Waals surface area contributed by atoms with Crippen LogP contribution in [-0.4, -0.2) is 24.5 Å². The molecule has 3 nitrogen and oxygen atoms in total. The topological polar surface area (TPSA) is 34.5 Å². The zero-order valence-electron chi connectivity index (χ0n) is 13.6. The molecule has 0 aliphatic heterocycles. The van der Waals surface area contributed by atoms with E-state index in [0.29, 0.717) is 6.42 Å². The Morgan fingerprint density at radius 1 is 1.33 bits per heavy atom. The highest BCUT2D eigenvalue weighted by molar-refractivity contribution is 7.13. The van der Waals surface area contributed by atoms with Crippen molar-refractivity contribution in [1.82, 2.24) is 4.98 Å². The van der Waals surface area contributed by atoms with E-state index in [1.165, 1.54) is 24.3 Å². The van der Waals surface area contributed by atoms with Gasteiger partial charge in [0.2, 0.25) is 0 Å². The molecule has 7 heteroatoms. The van der Waals surface area contributed by atoms with Gasteiger partial charge < -0.3 is 4.74 Å². The largest absolute Gasteiger partial charge is 0.418 e. The zero-order chi connectivity index (χ0) is 17.7. The van der Waals surface area contributed by atoms with Crippen LogP contribution in [0.5, 0.6) is 0 Å². The first-order chi connectivity index (χ1) is 11.4. The van der Waals surface area contributed by atoms with Crippen LogP contribution in [0.1, 0.15) is 37.5 Å². The van der Waals surface area contributed by atoms with Gasteiger partial charge in [-0.15, -0.1) is 11.3 Å². The standard InChI is InChI=1S/C17H19F3N2OS/c1-4-6-11-12(16-22-9-10-24-16)7-8-13(14(11)21-3)15(23-5-2)17(18,19)20/h7-10,15H,3-6H2,1-2H3. The lowest BCUT2D eigenvalue weighted by molar-refractivity contribution is -0.222. The van der Waals surface area contributed by atoms with E-state index in [1.54, 1.807) is 12.3 Å². The maximum atomic E-state index is 13.4. The van der Waals surface area contributed by atoms with E-state index in [9.17, 15) is 13.2 Å². The predicted octanol–water partition coefficient (Wildman–Crippen LogP) is 5.73. The summed E-state index contributed by atoms with van der Waals surface area (Å²) < 4.78 is 45.2. The Balaban J connectivity index is 2.66. The van der Waals surface area contributed by atoms with Crippen molar-refractivity contribution in [2.24, 2.45) is 4.99 Å². The molecule has 2 aromatic rings. The third-order valence-electron chi connectivity index (χ3n) is 3.55. The van der Waals surface area contributed by atoms with Gasteiger partial charge in [-0.25, -0.2) is 4.98 Å². The third kappa shape index (κ3) is 3.84. The molecular formula is C17H19F3N2OS. The summed E-state index contributed by atoms with van der Waals surface area (Å²) in [6.45, 7) is 6.95. The summed E-state index contributed by atoms with van der Waals surface area (Å²) in [5.41, 5.74) is 1.78. The first-order valence-corrected chi connectivity index (χ1v) is 8.52. The van der Waals surface area contributed by atoms with E-state index in [0.717, 1.165) is 22.6 Å². The monoisotopic (exact) mass is 356 g/mol. The number of nitrogens with zero attached hydrogens (tertiary/aromatic N) is 2. The lowest BCUT2D eigenvalue weighted by atomic mass is 9.94. The van der Waals surface area contributed by atoms with Gasteiger partial charge in [0, 0.05) is 29.3 Å². The average Bonchev–Trinajstić information content (AvgIpc) is 3.05. The molecule has 0 saturated heterocycles. The van der Waals surface area contributed by atoms with Crippen LogP contribution < -0.4 is 0 Å². The van der Waals surface area contributed by atoms with E-state index in [4.69, 9.17) is 4.74 Å². The van der Waals surface area contributed by atoms with Crippen LogP contribution in [0.25, 0.3) is 10.6 Å². The molecule has 24 heavy (non-hydrogen) atoms. The second kappa shape index (κ2) is 7.90. The highest BCUT2D eigenvalue weighted by atomic mass is 32.1. The minimum absolute atomic E-state index is 0.00288. The Kier molecular flexibility index (Phi) is 6.12. The van der Waals surface area contributed by atoms with Crippen LogP contribution in [0.2, 0.25) is 0 Å². The summed E-state index contributed by atoms with van der Waals surface area (Å²) in [6, 6.07) is 3.10. The summed E-state index contributed by atoms with van der Waals surface area (Å²) in [4.78, 5) is 8.19. The molecular weight excluding hydrogens is 337 g/mol. The second-order valence-electron chi connectivity index (χ2n) is 5.15. The van der Waals surface area contributed by atoms with Crippen molar-refractivity contribution in [2.45, 2.75) is 39.0 Å². The molecule has 0 aliphatic rings. The lowest BCUT2D eigenvalue weighted by Crippen LogP contribution is -2.24. The van der Waals surface area contributed by atoms with Gasteiger partial charge in [0.1, 0.15) is 5.01 Å². The van der Waals surface area contributed by atoms with E-state index in [-0.39, 0.29) is 17.9 Å². The average molecular weight is 356 g/mol. The van der Waals surface area contributed by atoms with E-state index >= 15 is 0 Å². The number of hydrogen-bond acceptors (Lipinski definition) is 4. The number of benzene rings is 1. The first kappa shape index (κ1) is 18.6. The van der Waals surface area contributed by atoms with E-state index in [2.05, 4.69) is 16.7 Å². The molecule has 1 aromatic heterocycles. The van der Waals surface area contributed by atoms with E-state index in [1.807, 2.05) is 12.3 Å². The van der Waals surface area contributed by atoms with Crippen LogP contribution in [0, 0.1) is 0 Å². The maximum Gasteiger partial charge on any atom is 0.418 e. The first-order valence-electron chi connectivity index (χ1n) is 7.64. The van der Waals surface area contributed by atoms with Gasteiger partial charge in [-0.1, -0.05) is 25.5 Å². The number of aromatic nitrogens is 1. The van der Waals surface area contributed by atoms with Gasteiger partial charge in [0.25, 0.3) is 0 Å². The van der Waals surface area contributed by atoms with Crippen molar-refractivity contribution < 1.29 is 17.9 Å². The molecule has 1 unspecified atom stereocenters. The molecule has 1 aromatic carbocycles. The second-order valence-corrected chi connectivity index (χ2v) is 6.05. The molecule has 0 radical (unpaired) electrons. The van der Waals surface area contributed by atoms with Crippen molar-refractivity contribution >= 4 is 23.7 Å². The molecule has 0 amide bonds. The minimum atomic E-state index is -4.51. The summed E-state index contributed by atoms with van der Waals surface area (Å²) in [6.07, 6.45) is -3.49. The summed E-state index contributed by atoms with van der Waals surface area (Å²) >= 11 is 1.44. The number of hydrogen-bond donors (Lipinski definition) is 0. The minimum Gasteiger partial charge on any atom is -0.364 e. The van der Waals surface area contributed by atoms with Crippen LogP contribution in [-0.2, 0) is 11.2 Å². The molecule has 1 heterocycles. The molecule has 0 aliphatic carbocycles. The zero-order valence-corrected chi connectivity index (χ0v) is 14.4. The summed E-state index contributed by atoms with van der Waals surface area (Å²) in [7, 11) is 0. The molecule has 130 valence electrons. The highest BCUT2D eigenvalue weighted by Gasteiger charge is 2.43. The number of thiazole rings is 1. The molecule has 0 N–H and O–H groups in total. The highest BCUT2D eigenvalue weighted by Crippen LogP contribution is 2.44. The van der Waals surface area contributed by atoms with Gasteiger partial charge in [0.15, 0.2) is 6.10 Å². The Labute approximate surface area is 143 Å². The Bertz CT molecular complexity index is 684. The van der Waals surface area contributed by atoms with Crippen molar-refractivity contribution in [3.63, 3.8) is 0 Å². The predicted molar refractivity (Wildman–Crippen MR) is 91.2 cm³/mol. The fourth-order valence-electron chi connectivity index (χ4n) is 2.64. The molecule has 0 saturated carbocycles. The van der Waals surface area contributed by atoms with Crippen LogP contribution in [0.3, 0.4) is 0 Å². The molecule has 1 atom stereocenters. The Morgan fingerprint density at radius 3 is 2.58 bits per heavy atom. The fraction of sp³-hybridized carbons (Fsp3) is 0.412. The van der Waals surface area contributed by atoms with Crippen LogP contribution in [0.15, 0.2) is 28.7 Å². The number of alkyl halides is 3. The smallest absolute Gasteiger partial charge is 0.364 e. The quantitative estimate of drug-likeness (QED) is 0.593. The lowest BCUT2D eigenvalue weighted by Gasteiger charge is -2.24. The molecule has 0 spiro atoms. The van der Waals surface area contributed by atoms with Gasteiger partial charge in [0.05, 0.1) is 5.69 Å². The summed E-state index contributed by atoms with van der Waals surface area (Å²) in [5, 5.41) is 2.59. The maximum absolute atomic E-state index is 13.4. The molecule has 0 fully saturated rings. The van der Waals surface area contributed by atoms with Crippen molar-refractivity contribution in [3.8, 4) is 10.6 Å². The Morgan fingerprint density at radius 2 is 2.08 bits per heavy atom. The third-order valence-corrected chi connectivity index (χ3v) is 4.35. The Hall–Kier alpha value is -1.73. The number of halogens is 3. The van der Waals surface area contributed by atoms with Gasteiger partial charge >= 0.3 is 6.18 Å².